The molecule has 0 unspecified atom stereocenters. The second-order valence-electron chi connectivity index (χ2n) is 7.55. The number of amides is 1. The van der Waals surface area contributed by atoms with E-state index in [9.17, 15) is 4.79 Å². The van der Waals surface area contributed by atoms with Gasteiger partial charge in [-0.3, -0.25) is 4.79 Å². The predicted molar refractivity (Wildman–Crippen MR) is 112 cm³/mol. The number of piperidine rings is 3. The quantitative estimate of drug-likeness (QED) is 0.685. The molecule has 2 aromatic heterocycles. The molecule has 3 fully saturated rings. The fourth-order valence-electron chi connectivity index (χ4n) is 4.19. The summed E-state index contributed by atoms with van der Waals surface area (Å²) in [5.74, 6) is 6.98. The Morgan fingerprint density at radius 3 is 2.75 bits per heavy atom. The Balaban J connectivity index is 1.38. The first-order chi connectivity index (χ1) is 13.8. The number of aromatic nitrogens is 1. The minimum Gasteiger partial charge on any atom is -0.346 e. The molecule has 0 radical (unpaired) electrons. The zero-order chi connectivity index (χ0) is 18.9. The van der Waals surface area contributed by atoms with Gasteiger partial charge in [-0.15, -0.1) is 11.3 Å². The lowest BCUT2D eigenvalue weighted by Gasteiger charge is -2.44. The number of hydrogen-bond acceptors (Lipinski definition) is 4. The molecule has 0 saturated carbocycles. The molecule has 1 amide bonds. The minimum atomic E-state index is -0.0752. The predicted octanol–water partition coefficient (Wildman–Crippen LogP) is 3.52. The van der Waals surface area contributed by atoms with Gasteiger partial charge in [-0.25, -0.2) is 4.98 Å². The number of thiophene rings is 1. The van der Waals surface area contributed by atoms with Crippen LogP contribution in [-0.4, -0.2) is 41.5 Å². The van der Waals surface area contributed by atoms with E-state index in [4.69, 9.17) is 0 Å². The number of rotatable bonds is 2. The smallest absolute Gasteiger partial charge is 0.270 e. The van der Waals surface area contributed by atoms with Crippen LogP contribution in [0.5, 0.6) is 0 Å². The van der Waals surface area contributed by atoms with Crippen LogP contribution in [0.3, 0.4) is 0 Å². The van der Waals surface area contributed by atoms with E-state index in [0.29, 0.717) is 11.6 Å². The van der Waals surface area contributed by atoms with Crippen molar-refractivity contribution in [1.82, 2.24) is 15.2 Å². The average Bonchev–Trinajstić information content (AvgIpc) is 3.16. The van der Waals surface area contributed by atoms with E-state index in [-0.39, 0.29) is 11.9 Å². The van der Waals surface area contributed by atoms with Crippen LogP contribution in [0.1, 0.15) is 34.5 Å². The molecule has 3 aliphatic rings. The summed E-state index contributed by atoms with van der Waals surface area (Å²) in [5, 5.41) is 6.27. The highest BCUT2D eigenvalue weighted by Gasteiger charge is 2.35. The lowest BCUT2D eigenvalue weighted by Crippen LogP contribution is -2.57. The second kappa shape index (κ2) is 7.38. The summed E-state index contributed by atoms with van der Waals surface area (Å²) in [4.78, 5) is 19.7. The molecule has 1 atom stereocenters. The Labute approximate surface area is 168 Å². The molecule has 0 aliphatic carbocycles. The van der Waals surface area contributed by atoms with Gasteiger partial charge in [-0.1, -0.05) is 30.0 Å². The molecule has 0 spiro atoms. The Kier molecular flexibility index (Phi) is 4.59. The SMILES string of the molecule is O=C(N[C@H]1CN2CCC1CC2)c1cc2c(C#Cc3ccccc3)csc2cn1. The normalized spacial score (nSPS) is 23.2. The van der Waals surface area contributed by atoms with Gasteiger partial charge < -0.3 is 10.2 Å². The van der Waals surface area contributed by atoms with Gasteiger partial charge in [0.15, 0.2) is 0 Å². The Morgan fingerprint density at radius 2 is 2.00 bits per heavy atom. The molecule has 2 bridgehead atoms. The van der Waals surface area contributed by atoms with Crippen molar-refractivity contribution in [2.75, 3.05) is 19.6 Å². The molecule has 1 aromatic carbocycles. The number of carbonyl (C=O) groups excluding carboxylic acids is 1. The van der Waals surface area contributed by atoms with Crippen LogP contribution in [0.4, 0.5) is 0 Å². The highest BCUT2D eigenvalue weighted by molar-refractivity contribution is 7.17. The Morgan fingerprint density at radius 1 is 1.18 bits per heavy atom. The third-order valence-corrected chi connectivity index (χ3v) is 6.71. The average molecular weight is 388 g/mol. The molecule has 6 rings (SSSR count). The zero-order valence-electron chi connectivity index (χ0n) is 15.5. The number of pyridine rings is 1. The van der Waals surface area contributed by atoms with E-state index in [1.54, 1.807) is 17.5 Å². The lowest BCUT2D eigenvalue weighted by molar-refractivity contribution is 0.0618. The van der Waals surface area contributed by atoms with Crippen LogP contribution in [-0.2, 0) is 0 Å². The summed E-state index contributed by atoms with van der Waals surface area (Å²) in [5.41, 5.74) is 2.41. The van der Waals surface area contributed by atoms with Crippen LogP contribution >= 0.6 is 11.3 Å². The molecule has 3 aromatic rings. The van der Waals surface area contributed by atoms with Crippen molar-refractivity contribution in [3.05, 3.63) is 64.8 Å². The number of nitrogens with zero attached hydrogens (tertiary/aromatic N) is 2. The van der Waals surface area contributed by atoms with Gasteiger partial charge in [0.1, 0.15) is 5.69 Å². The van der Waals surface area contributed by atoms with E-state index in [1.807, 2.05) is 41.8 Å². The molecule has 140 valence electrons. The fourth-order valence-corrected chi connectivity index (χ4v) is 5.03. The largest absolute Gasteiger partial charge is 0.346 e. The van der Waals surface area contributed by atoms with Gasteiger partial charge in [-0.2, -0.15) is 0 Å². The van der Waals surface area contributed by atoms with E-state index in [2.05, 4.69) is 27.0 Å². The van der Waals surface area contributed by atoms with E-state index in [1.165, 1.54) is 25.9 Å². The molecule has 5 heteroatoms. The summed E-state index contributed by atoms with van der Waals surface area (Å²) >= 11 is 1.61. The van der Waals surface area contributed by atoms with Crippen molar-refractivity contribution in [2.45, 2.75) is 18.9 Å². The minimum absolute atomic E-state index is 0.0752. The number of carbonyl (C=O) groups is 1. The van der Waals surface area contributed by atoms with E-state index in [0.717, 1.165) is 27.8 Å². The van der Waals surface area contributed by atoms with Crippen molar-refractivity contribution in [2.24, 2.45) is 5.92 Å². The van der Waals surface area contributed by atoms with Crippen molar-refractivity contribution >= 4 is 27.3 Å². The monoisotopic (exact) mass is 387 g/mol. The number of fused-ring (bicyclic) bond motifs is 4. The maximum Gasteiger partial charge on any atom is 0.270 e. The summed E-state index contributed by atoms with van der Waals surface area (Å²) < 4.78 is 1.05. The number of nitrogens with one attached hydrogen (secondary N) is 1. The molecule has 28 heavy (non-hydrogen) atoms. The third kappa shape index (κ3) is 3.42. The topological polar surface area (TPSA) is 45.2 Å². The van der Waals surface area contributed by atoms with Gasteiger partial charge in [0.2, 0.25) is 0 Å². The summed E-state index contributed by atoms with van der Waals surface area (Å²) in [7, 11) is 0. The van der Waals surface area contributed by atoms with Gasteiger partial charge >= 0.3 is 0 Å². The maximum atomic E-state index is 12.8. The van der Waals surface area contributed by atoms with E-state index < -0.39 is 0 Å². The standard InChI is InChI=1S/C23H21N3OS/c27-23(25-21-14-26-10-8-17(21)9-11-26)20-12-19-18(15-28-22(19)13-24-20)7-6-16-4-2-1-3-5-16/h1-5,12-13,15,17,21H,8-11,14H2,(H,25,27)/t21-/m0/s1. The Bertz CT molecular complexity index is 1070. The van der Waals surface area contributed by atoms with Crippen molar-refractivity contribution < 1.29 is 4.79 Å². The lowest BCUT2D eigenvalue weighted by atomic mass is 9.84. The van der Waals surface area contributed by atoms with Gasteiger partial charge in [0.05, 0.1) is 4.70 Å². The zero-order valence-corrected chi connectivity index (χ0v) is 16.3. The van der Waals surface area contributed by atoms with Crippen LogP contribution in [0.25, 0.3) is 10.1 Å². The summed E-state index contributed by atoms with van der Waals surface area (Å²) in [6, 6.07) is 12.1. The van der Waals surface area contributed by atoms with Crippen molar-refractivity contribution in [3.63, 3.8) is 0 Å². The van der Waals surface area contributed by atoms with Gasteiger partial charge in [0, 0.05) is 40.7 Å². The molecule has 3 saturated heterocycles. The molecular formula is C23H21N3OS. The van der Waals surface area contributed by atoms with Crippen LogP contribution < -0.4 is 5.32 Å². The van der Waals surface area contributed by atoms with Crippen LogP contribution in [0, 0.1) is 17.8 Å². The first-order valence-corrected chi connectivity index (χ1v) is 10.6. The second-order valence-corrected chi connectivity index (χ2v) is 8.46. The summed E-state index contributed by atoms with van der Waals surface area (Å²) in [6.45, 7) is 3.30. The Hall–Kier alpha value is -2.68. The maximum absolute atomic E-state index is 12.8. The fraction of sp³-hybridized carbons (Fsp3) is 0.304. The van der Waals surface area contributed by atoms with Gasteiger partial charge in [0.25, 0.3) is 5.91 Å². The first kappa shape index (κ1) is 17.4. The highest BCUT2D eigenvalue weighted by atomic mass is 32.1. The van der Waals surface area contributed by atoms with Gasteiger partial charge in [-0.05, 0) is 50.0 Å². The molecule has 3 aliphatic heterocycles. The van der Waals surface area contributed by atoms with E-state index >= 15 is 0 Å². The number of benzene rings is 1. The first-order valence-electron chi connectivity index (χ1n) is 9.74. The molecular weight excluding hydrogens is 366 g/mol. The summed E-state index contributed by atoms with van der Waals surface area (Å²) in [6.07, 6.45) is 4.15. The molecule has 5 heterocycles. The van der Waals surface area contributed by atoms with Crippen molar-refractivity contribution in [1.29, 1.82) is 0 Å². The number of hydrogen-bond donors (Lipinski definition) is 1. The van der Waals surface area contributed by atoms with Crippen LogP contribution in [0.2, 0.25) is 0 Å². The molecule has 4 nitrogen and oxygen atoms in total. The van der Waals surface area contributed by atoms with Crippen molar-refractivity contribution in [3.8, 4) is 11.8 Å². The third-order valence-electron chi connectivity index (χ3n) is 5.78. The van der Waals surface area contributed by atoms with Crippen LogP contribution in [0.15, 0.2) is 48.0 Å². The molecule has 1 N–H and O–H groups in total. The highest BCUT2D eigenvalue weighted by Crippen LogP contribution is 2.28.